The fraction of sp³-hybridized carbons (Fsp3) is 0. The number of imidazole rings is 1. The second kappa shape index (κ2) is 2.54. The number of aromatic hydroxyl groups is 1. The molecule has 1 N–H and O–H groups in total. The molecule has 0 bridgehead atoms. The summed E-state index contributed by atoms with van der Waals surface area (Å²) in [5.41, 5.74) is 0.407. The largest absolute Gasteiger partial charge is 0.504 e. The molecule has 0 aliphatic rings. The lowest BCUT2D eigenvalue weighted by molar-refractivity contribution is 0.477. The van der Waals surface area contributed by atoms with Crippen molar-refractivity contribution in [2.45, 2.75) is 0 Å². The zero-order chi connectivity index (χ0) is 8.72. The van der Waals surface area contributed by atoms with Crippen molar-refractivity contribution >= 4 is 28.8 Å². The van der Waals surface area contributed by atoms with Crippen molar-refractivity contribution in [3.05, 3.63) is 28.6 Å². The lowest BCUT2D eigenvalue weighted by Crippen LogP contribution is -1.84. The van der Waals surface area contributed by atoms with E-state index >= 15 is 0 Å². The Kier molecular flexibility index (Phi) is 1.63. The smallest absolute Gasteiger partial charge is 0.180 e. The number of fused-ring (bicyclic) bond motifs is 1. The van der Waals surface area contributed by atoms with E-state index in [-0.39, 0.29) is 5.75 Å². The molecule has 0 saturated carbocycles. The molecule has 0 fully saturated rings. The fourth-order valence-corrected chi connectivity index (χ4v) is 1.39. The highest BCUT2D eigenvalue weighted by molar-refractivity contribution is 6.31. The van der Waals surface area contributed by atoms with Gasteiger partial charge in [-0.2, -0.15) is 0 Å². The van der Waals surface area contributed by atoms with E-state index in [1.165, 1.54) is 16.7 Å². The van der Waals surface area contributed by atoms with E-state index < -0.39 is 0 Å². The van der Waals surface area contributed by atoms with Gasteiger partial charge in [-0.15, -0.1) is 0 Å². The molecular weight excluding hydrogens is 199 g/mol. The van der Waals surface area contributed by atoms with Crippen molar-refractivity contribution in [3.63, 3.8) is 0 Å². The van der Waals surface area contributed by atoms with E-state index in [9.17, 15) is 5.11 Å². The third kappa shape index (κ3) is 1.02. The topological polar surface area (TPSA) is 37.5 Å². The maximum absolute atomic E-state index is 9.34. The summed E-state index contributed by atoms with van der Waals surface area (Å²) in [5, 5.41) is 10.2. The lowest BCUT2D eigenvalue weighted by atomic mass is 10.4. The average molecular weight is 203 g/mol. The molecule has 0 radical (unpaired) electrons. The van der Waals surface area contributed by atoms with Crippen LogP contribution in [0.4, 0.5) is 0 Å². The van der Waals surface area contributed by atoms with Gasteiger partial charge in [0.1, 0.15) is 5.15 Å². The van der Waals surface area contributed by atoms with Crippen molar-refractivity contribution in [2.24, 2.45) is 0 Å². The van der Waals surface area contributed by atoms with Crippen molar-refractivity contribution in [1.29, 1.82) is 0 Å². The minimum Gasteiger partial charge on any atom is -0.504 e. The molecule has 2 heterocycles. The molecule has 5 heteroatoms. The molecule has 0 unspecified atom stereocenters. The summed E-state index contributed by atoms with van der Waals surface area (Å²) < 4.78 is 1.51. The Morgan fingerprint density at radius 3 is 2.92 bits per heavy atom. The van der Waals surface area contributed by atoms with Crippen molar-refractivity contribution in [1.82, 2.24) is 9.38 Å². The van der Waals surface area contributed by atoms with E-state index in [1.807, 2.05) is 0 Å². The van der Waals surface area contributed by atoms with E-state index in [2.05, 4.69) is 4.98 Å². The van der Waals surface area contributed by atoms with Crippen LogP contribution in [0, 0.1) is 0 Å². The Labute approximate surface area is 78.2 Å². The van der Waals surface area contributed by atoms with Gasteiger partial charge in [0.05, 0.1) is 11.2 Å². The van der Waals surface area contributed by atoms with Crippen LogP contribution < -0.4 is 0 Å². The van der Waals surface area contributed by atoms with E-state index in [1.54, 1.807) is 6.20 Å². The summed E-state index contributed by atoms with van der Waals surface area (Å²) in [6, 6.07) is 1.42. The Morgan fingerprint density at radius 1 is 1.42 bits per heavy atom. The minimum atomic E-state index is 0.0226. The van der Waals surface area contributed by atoms with E-state index in [0.29, 0.717) is 15.8 Å². The summed E-state index contributed by atoms with van der Waals surface area (Å²) in [5.74, 6) is 0.0226. The SMILES string of the molecule is Oc1cc(Cl)cn2c(Cl)cnc12. The maximum Gasteiger partial charge on any atom is 0.180 e. The molecule has 12 heavy (non-hydrogen) atoms. The van der Waals surface area contributed by atoms with Gasteiger partial charge in [-0.05, 0) is 0 Å². The summed E-state index contributed by atoms with van der Waals surface area (Å²) in [7, 11) is 0. The van der Waals surface area contributed by atoms with E-state index in [0.717, 1.165) is 0 Å². The number of halogens is 2. The second-order valence-corrected chi connectivity index (χ2v) is 3.14. The molecule has 0 aliphatic carbocycles. The first-order valence-corrected chi connectivity index (χ1v) is 3.95. The van der Waals surface area contributed by atoms with Crippen molar-refractivity contribution in [2.75, 3.05) is 0 Å². The predicted octanol–water partition coefficient (Wildman–Crippen LogP) is 2.35. The molecule has 0 amide bonds. The normalized spacial score (nSPS) is 10.8. The van der Waals surface area contributed by atoms with Crippen LogP contribution in [-0.2, 0) is 0 Å². The minimum absolute atomic E-state index is 0.0226. The Hall–Kier alpha value is -0.930. The van der Waals surface area contributed by atoms with Gasteiger partial charge in [0, 0.05) is 12.3 Å². The van der Waals surface area contributed by atoms with Crippen LogP contribution in [0.25, 0.3) is 5.65 Å². The molecule has 3 nitrogen and oxygen atoms in total. The van der Waals surface area contributed by atoms with Gasteiger partial charge < -0.3 is 5.11 Å². The highest BCUT2D eigenvalue weighted by atomic mass is 35.5. The summed E-state index contributed by atoms with van der Waals surface area (Å²) >= 11 is 11.4. The maximum atomic E-state index is 9.34. The number of nitrogens with zero attached hydrogens (tertiary/aromatic N) is 2. The molecule has 0 aromatic carbocycles. The van der Waals surface area contributed by atoms with Gasteiger partial charge in [0.15, 0.2) is 11.4 Å². The molecule has 0 spiro atoms. The number of hydrogen-bond donors (Lipinski definition) is 1. The van der Waals surface area contributed by atoms with Crippen LogP contribution in [0.3, 0.4) is 0 Å². The Bertz CT molecular complexity index is 438. The van der Waals surface area contributed by atoms with Crippen LogP contribution in [0.1, 0.15) is 0 Å². The van der Waals surface area contributed by atoms with Gasteiger partial charge >= 0.3 is 0 Å². The van der Waals surface area contributed by atoms with Gasteiger partial charge in [-0.1, -0.05) is 23.2 Å². The number of rotatable bonds is 0. The summed E-state index contributed by atoms with van der Waals surface area (Å²) in [4.78, 5) is 3.88. The zero-order valence-corrected chi connectivity index (χ0v) is 7.34. The summed E-state index contributed by atoms with van der Waals surface area (Å²) in [6.45, 7) is 0. The Balaban J connectivity index is 2.92. The third-order valence-corrected chi connectivity index (χ3v) is 1.99. The molecule has 0 saturated heterocycles. The standard InChI is InChI=1S/C7H4Cl2N2O/c8-4-1-5(12)7-10-2-6(9)11(7)3-4/h1-3,12H. The molecule has 2 rings (SSSR count). The number of aromatic nitrogens is 2. The first-order chi connectivity index (χ1) is 5.68. The van der Waals surface area contributed by atoms with Crippen LogP contribution in [0.15, 0.2) is 18.5 Å². The quantitative estimate of drug-likeness (QED) is 0.713. The Morgan fingerprint density at radius 2 is 2.17 bits per heavy atom. The molecule has 62 valence electrons. The monoisotopic (exact) mass is 202 g/mol. The molecular formula is C7H4Cl2N2O. The first-order valence-electron chi connectivity index (χ1n) is 3.19. The van der Waals surface area contributed by atoms with Crippen molar-refractivity contribution in [3.8, 4) is 5.75 Å². The molecule has 2 aromatic heterocycles. The summed E-state index contributed by atoms with van der Waals surface area (Å²) in [6.07, 6.45) is 3.04. The fourth-order valence-electron chi connectivity index (χ4n) is 1.01. The van der Waals surface area contributed by atoms with Crippen LogP contribution in [-0.4, -0.2) is 14.5 Å². The predicted molar refractivity (Wildman–Crippen MR) is 46.9 cm³/mol. The molecule has 0 atom stereocenters. The average Bonchev–Trinajstić information content (AvgIpc) is 2.33. The highest BCUT2D eigenvalue weighted by Gasteiger charge is 2.05. The third-order valence-electron chi connectivity index (χ3n) is 1.51. The first kappa shape index (κ1) is 7.71. The van der Waals surface area contributed by atoms with Crippen LogP contribution in [0.5, 0.6) is 5.75 Å². The van der Waals surface area contributed by atoms with E-state index in [4.69, 9.17) is 23.2 Å². The van der Waals surface area contributed by atoms with Gasteiger partial charge in [-0.3, -0.25) is 4.40 Å². The highest BCUT2D eigenvalue weighted by Crippen LogP contribution is 2.24. The molecule has 2 aromatic rings. The molecule has 0 aliphatic heterocycles. The second-order valence-electron chi connectivity index (χ2n) is 2.32. The lowest BCUT2D eigenvalue weighted by Gasteiger charge is -1.98. The van der Waals surface area contributed by atoms with Gasteiger partial charge in [0.25, 0.3) is 0 Å². The zero-order valence-electron chi connectivity index (χ0n) is 5.83. The number of hydrogen-bond acceptors (Lipinski definition) is 2. The van der Waals surface area contributed by atoms with Crippen LogP contribution >= 0.6 is 23.2 Å². The van der Waals surface area contributed by atoms with Crippen LogP contribution in [0.2, 0.25) is 10.2 Å². The number of pyridine rings is 1. The van der Waals surface area contributed by atoms with Gasteiger partial charge in [-0.25, -0.2) is 4.98 Å². The van der Waals surface area contributed by atoms with Crippen molar-refractivity contribution < 1.29 is 5.11 Å². The van der Waals surface area contributed by atoms with Gasteiger partial charge in [0.2, 0.25) is 0 Å².